The van der Waals surface area contributed by atoms with Crippen molar-refractivity contribution in [2.75, 3.05) is 12.4 Å². The van der Waals surface area contributed by atoms with E-state index in [4.69, 9.17) is 11.2 Å². The summed E-state index contributed by atoms with van der Waals surface area (Å²) in [6.45, 7) is 9.91. The Bertz CT molecular complexity index is 469. The smallest absolute Gasteiger partial charge is 0.223 e. The lowest BCUT2D eigenvalue weighted by molar-refractivity contribution is 0.263. The van der Waals surface area contributed by atoms with Gasteiger partial charge in [0.25, 0.3) is 0 Å². The summed E-state index contributed by atoms with van der Waals surface area (Å²) in [7, 11) is 1.83. The molecule has 0 aliphatic heterocycles. The van der Waals surface area contributed by atoms with Crippen LogP contribution in [0.4, 0.5) is 5.82 Å². The summed E-state index contributed by atoms with van der Waals surface area (Å²) in [5, 5.41) is 3.06. The molecule has 1 rings (SSSR count). The second-order valence-corrected chi connectivity index (χ2v) is 5.25. The van der Waals surface area contributed by atoms with Gasteiger partial charge in [-0.3, -0.25) is 0 Å². The van der Waals surface area contributed by atoms with Gasteiger partial charge in [-0.2, -0.15) is 4.98 Å². The number of nitrogens with zero attached hydrogens (tertiary/aromatic N) is 2. The molecule has 0 aromatic carbocycles. The van der Waals surface area contributed by atoms with Gasteiger partial charge < -0.3 is 10.1 Å². The number of ether oxygens (including phenoxy) is 1. The highest BCUT2D eigenvalue weighted by atomic mass is 16.5. The molecule has 4 nitrogen and oxygen atoms in total. The first kappa shape index (κ1) is 14.3. The Hall–Kier alpha value is -1.76. The molecule has 0 saturated heterocycles. The molecule has 0 bridgehead atoms. The summed E-state index contributed by atoms with van der Waals surface area (Å²) in [5.41, 5.74) is 0.726. The molecule has 1 N–H and O–H groups in total. The van der Waals surface area contributed by atoms with Crippen LogP contribution in [0.15, 0.2) is 0 Å². The number of aromatic nitrogens is 2. The standard InChI is InChI=1S/C14H21N3O/c1-8-9(2)18-12-10(3)11(15-7)16-13(17-12)14(4,5)6/h1,9H,2-7H3,(H,15,16,17). The molecule has 1 unspecified atom stereocenters. The van der Waals surface area contributed by atoms with Gasteiger partial charge in [-0.1, -0.05) is 26.7 Å². The summed E-state index contributed by atoms with van der Waals surface area (Å²) in [6.07, 6.45) is 5.02. The average Bonchev–Trinajstić information content (AvgIpc) is 2.30. The molecule has 0 saturated carbocycles. The Morgan fingerprint density at radius 2 is 1.94 bits per heavy atom. The van der Waals surface area contributed by atoms with Gasteiger partial charge in [0.1, 0.15) is 11.6 Å². The van der Waals surface area contributed by atoms with E-state index in [9.17, 15) is 0 Å². The maximum absolute atomic E-state index is 5.65. The lowest BCUT2D eigenvalue weighted by atomic mass is 9.95. The first-order valence-corrected chi connectivity index (χ1v) is 5.99. The van der Waals surface area contributed by atoms with E-state index in [1.54, 1.807) is 0 Å². The van der Waals surface area contributed by atoms with Crippen LogP contribution in [0.2, 0.25) is 0 Å². The van der Waals surface area contributed by atoms with Crippen molar-refractivity contribution in [3.63, 3.8) is 0 Å². The number of anilines is 1. The van der Waals surface area contributed by atoms with Gasteiger partial charge in [-0.25, -0.2) is 4.98 Å². The normalized spacial score (nSPS) is 12.7. The molecule has 1 atom stereocenters. The molecule has 0 amide bonds. The molecule has 0 radical (unpaired) electrons. The van der Waals surface area contributed by atoms with Crippen molar-refractivity contribution < 1.29 is 4.74 Å². The molecule has 1 heterocycles. The molecule has 18 heavy (non-hydrogen) atoms. The van der Waals surface area contributed by atoms with E-state index in [1.165, 1.54) is 0 Å². The molecule has 1 aromatic heterocycles. The number of nitrogens with one attached hydrogen (secondary N) is 1. The van der Waals surface area contributed by atoms with Gasteiger partial charge in [0.15, 0.2) is 6.10 Å². The van der Waals surface area contributed by atoms with Gasteiger partial charge in [-0.05, 0) is 13.8 Å². The van der Waals surface area contributed by atoms with Crippen LogP contribution in [0.25, 0.3) is 0 Å². The van der Waals surface area contributed by atoms with Crippen LogP contribution >= 0.6 is 0 Å². The number of hydrogen-bond donors (Lipinski definition) is 1. The van der Waals surface area contributed by atoms with Crippen molar-refractivity contribution in [1.82, 2.24) is 9.97 Å². The second kappa shape index (κ2) is 5.26. The topological polar surface area (TPSA) is 47.0 Å². The number of hydrogen-bond acceptors (Lipinski definition) is 4. The van der Waals surface area contributed by atoms with E-state index in [-0.39, 0.29) is 11.5 Å². The summed E-state index contributed by atoms with van der Waals surface area (Å²) in [4.78, 5) is 8.97. The molecule has 1 aromatic rings. The first-order valence-electron chi connectivity index (χ1n) is 5.99. The number of terminal acetylenes is 1. The third-order valence-electron chi connectivity index (χ3n) is 2.53. The summed E-state index contributed by atoms with van der Waals surface area (Å²) in [5.74, 6) is 4.58. The zero-order valence-corrected chi connectivity index (χ0v) is 12.0. The summed E-state index contributed by atoms with van der Waals surface area (Å²) < 4.78 is 5.65. The third-order valence-corrected chi connectivity index (χ3v) is 2.53. The molecular formula is C14H21N3O. The fourth-order valence-corrected chi connectivity index (χ4v) is 1.39. The van der Waals surface area contributed by atoms with Crippen LogP contribution in [-0.2, 0) is 5.41 Å². The van der Waals surface area contributed by atoms with Gasteiger partial charge in [0.2, 0.25) is 5.88 Å². The molecule has 0 aliphatic rings. The van der Waals surface area contributed by atoms with Crippen molar-refractivity contribution >= 4 is 5.82 Å². The highest BCUT2D eigenvalue weighted by Gasteiger charge is 2.22. The zero-order valence-electron chi connectivity index (χ0n) is 12.0. The predicted octanol–water partition coefficient (Wildman–Crippen LogP) is 2.52. The van der Waals surface area contributed by atoms with Crippen LogP contribution in [0, 0.1) is 19.3 Å². The van der Waals surface area contributed by atoms with Gasteiger partial charge in [0, 0.05) is 12.5 Å². The maximum Gasteiger partial charge on any atom is 0.223 e. The highest BCUT2D eigenvalue weighted by molar-refractivity contribution is 5.48. The third kappa shape index (κ3) is 3.13. The monoisotopic (exact) mass is 247 g/mol. The van der Waals surface area contributed by atoms with Crippen LogP contribution in [0.5, 0.6) is 5.88 Å². The van der Waals surface area contributed by atoms with Crippen LogP contribution < -0.4 is 10.1 Å². The van der Waals surface area contributed by atoms with Crippen molar-refractivity contribution in [2.45, 2.75) is 46.1 Å². The maximum atomic E-state index is 5.65. The quantitative estimate of drug-likeness (QED) is 0.834. The van der Waals surface area contributed by atoms with Crippen LogP contribution in [-0.4, -0.2) is 23.1 Å². The molecule has 0 aliphatic carbocycles. The Labute approximate surface area is 109 Å². The molecule has 98 valence electrons. The largest absolute Gasteiger partial charge is 0.461 e. The van der Waals surface area contributed by atoms with Crippen molar-refractivity contribution in [3.8, 4) is 18.2 Å². The second-order valence-electron chi connectivity index (χ2n) is 5.25. The molecular weight excluding hydrogens is 226 g/mol. The SMILES string of the molecule is C#CC(C)Oc1nc(C(C)(C)C)nc(NC)c1C. The van der Waals surface area contributed by atoms with E-state index in [2.05, 4.69) is 42.0 Å². The minimum Gasteiger partial charge on any atom is -0.461 e. The van der Waals surface area contributed by atoms with Crippen molar-refractivity contribution in [3.05, 3.63) is 11.4 Å². The predicted molar refractivity (Wildman–Crippen MR) is 73.9 cm³/mol. The zero-order chi connectivity index (χ0) is 13.9. The van der Waals surface area contributed by atoms with Crippen molar-refractivity contribution in [2.24, 2.45) is 0 Å². The minimum atomic E-state index is -0.309. The summed E-state index contributed by atoms with van der Waals surface area (Å²) >= 11 is 0. The van der Waals surface area contributed by atoms with Crippen molar-refractivity contribution in [1.29, 1.82) is 0 Å². The summed E-state index contributed by atoms with van der Waals surface area (Å²) in [6, 6.07) is 0. The van der Waals surface area contributed by atoms with E-state index in [0.29, 0.717) is 5.88 Å². The fraction of sp³-hybridized carbons (Fsp3) is 0.571. The fourth-order valence-electron chi connectivity index (χ4n) is 1.39. The highest BCUT2D eigenvalue weighted by Crippen LogP contribution is 2.27. The van der Waals surface area contributed by atoms with E-state index in [1.807, 2.05) is 20.9 Å². The Morgan fingerprint density at radius 1 is 1.33 bits per heavy atom. The lowest BCUT2D eigenvalue weighted by Crippen LogP contribution is -2.20. The Kier molecular flexibility index (Phi) is 4.18. The number of rotatable bonds is 3. The van der Waals surface area contributed by atoms with E-state index < -0.39 is 0 Å². The van der Waals surface area contributed by atoms with Gasteiger partial charge in [-0.15, -0.1) is 6.42 Å². The van der Waals surface area contributed by atoms with Gasteiger partial charge >= 0.3 is 0 Å². The van der Waals surface area contributed by atoms with E-state index >= 15 is 0 Å². The van der Waals surface area contributed by atoms with E-state index in [0.717, 1.165) is 17.2 Å². The molecule has 0 spiro atoms. The average molecular weight is 247 g/mol. The van der Waals surface area contributed by atoms with Gasteiger partial charge in [0.05, 0.1) is 5.56 Å². The van der Waals surface area contributed by atoms with Crippen LogP contribution in [0.1, 0.15) is 39.1 Å². The Morgan fingerprint density at radius 3 is 2.39 bits per heavy atom. The Balaban J connectivity index is 3.28. The first-order chi connectivity index (χ1) is 8.29. The van der Waals surface area contributed by atoms with Crippen LogP contribution in [0.3, 0.4) is 0 Å². The molecule has 0 fully saturated rings. The lowest BCUT2D eigenvalue weighted by Gasteiger charge is -2.21. The molecule has 4 heteroatoms. The minimum absolute atomic E-state index is 0.142.